The molecule has 0 aliphatic rings. The summed E-state index contributed by atoms with van der Waals surface area (Å²) in [7, 11) is 0. The van der Waals surface area contributed by atoms with Crippen LogP contribution in [0.2, 0.25) is 0 Å². The summed E-state index contributed by atoms with van der Waals surface area (Å²) >= 11 is 5.09. The molecule has 0 saturated carbocycles. The number of carbonyl (C=O) groups excluding carboxylic acids is 1. The van der Waals surface area contributed by atoms with Crippen LogP contribution in [0.15, 0.2) is 40.4 Å². The lowest BCUT2D eigenvalue weighted by Crippen LogP contribution is -2.29. The third kappa shape index (κ3) is 4.14. The maximum Gasteiger partial charge on any atom is 0.252 e. The molecule has 0 bridgehead atoms. The summed E-state index contributed by atoms with van der Waals surface area (Å²) in [5.41, 5.74) is 0.623. The number of amides is 1. The van der Waals surface area contributed by atoms with Gasteiger partial charge in [-0.15, -0.1) is 11.3 Å². The van der Waals surface area contributed by atoms with Gasteiger partial charge in [0.2, 0.25) is 0 Å². The molecule has 0 aliphatic heterocycles. The van der Waals surface area contributed by atoms with Gasteiger partial charge in [0.1, 0.15) is 0 Å². The molecular formula is C14H15BrN2OS. The minimum absolute atomic E-state index is 0.0627. The summed E-state index contributed by atoms with van der Waals surface area (Å²) in [5, 5.41) is 5.04. The predicted molar refractivity (Wildman–Crippen MR) is 81.5 cm³/mol. The molecule has 5 heteroatoms. The summed E-state index contributed by atoms with van der Waals surface area (Å²) in [6, 6.07) is 5.89. The van der Waals surface area contributed by atoms with Crippen LogP contribution in [0, 0.1) is 5.92 Å². The van der Waals surface area contributed by atoms with Gasteiger partial charge in [0.25, 0.3) is 5.91 Å². The summed E-state index contributed by atoms with van der Waals surface area (Å²) in [4.78, 5) is 17.3. The van der Waals surface area contributed by atoms with E-state index in [-0.39, 0.29) is 5.91 Å². The normalized spacial score (nSPS) is 12.1. The fraction of sp³-hybridized carbons (Fsp3) is 0.286. The van der Waals surface area contributed by atoms with Crippen LogP contribution in [0.5, 0.6) is 0 Å². The van der Waals surface area contributed by atoms with Crippen molar-refractivity contribution in [2.45, 2.75) is 13.3 Å². The van der Waals surface area contributed by atoms with Gasteiger partial charge in [0.05, 0.1) is 5.56 Å². The molecule has 19 heavy (non-hydrogen) atoms. The number of hydrogen-bond donors (Lipinski definition) is 1. The van der Waals surface area contributed by atoms with Gasteiger partial charge in [-0.1, -0.05) is 13.0 Å². The molecule has 0 radical (unpaired) electrons. The smallest absolute Gasteiger partial charge is 0.252 e. The van der Waals surface area contributed by atoms with Crippen LogP contribution in [0.3, 0.4) is 0 Å². The average molecular weight is 339 g/mol. The molecule has 0 saturated heterocycles. The van der Waals surface area contributed by atoms with Crippen LogP contribution < -0.4 is 5.32 Å². The maximum atomic E-state index is 12.0. The van der Waals surface area contributed by atoms with Crippen molar-refractivity contribution in [3.05, 3.63) is 50.9 Å². The molecule has 2 rings (SSSR count). The van der Waals surface area contributed by atoms with Gasteiger partial charge in [-0.2, -0.15) is 0 Å². The zero-order valence-corrected chi connectivity index (χ0v) is 13.0. The first-order valence-corrected chi connectivity index (χ1v) is 7.74. The van der Waals surface area contributed by atoms with Gasteiger partial charge in [0.15, 0.2) is 0 Å². The highest BCUT2D eigenvalue weighted by atomic mass is 79.9. The van der Waals surface area contributed by atoms with E-state index >= 15 is 0 Å². The number of aromatic nitrogens is 1. The summed E-state index contributed by atoms with van der Waals surface area (Å²) < 4.78 is 0.721. The van der Waals surface area contributed by atoms with Crippen LogP contribution in [-0.2, 0) is 6.42 Å². The van der Waals surface area contributed by atoms with Gasteiger partial charge >= 0.3 is 0 Å². The second-order valence-corrected chi connectivity index (χ2v) is 6.34. The fourth-order valence-electron chi connectivity index (χ4n) is 1.77. The van der Waals surface area contributed by atoms with Crippen LogP contribution >= 0.6 is 27.3 Å². The summed E-state index contributed by atoms with van der Waals surface area (Å²) in [6.07, 6.45) is 4.24. The Balaban J connectivity index is 1.85. The lowest BCUT2D eigenvalue weighted by atomic mass is 10.1. The van der Waals surface area contributed by atoms with Crippen molar-refractivity contribution in [1.29, 1.82) is 0 Å². The Hall–Kier alpha value is -1.20. The van der Waals surface area contributed by atoms with E-state index in [1.54, 1.807) is 29.8 Å². The number of carbonyl (C=O) groups is 1. The van der Waals surface area contributed by atoms with Crippen molar-refractivity contribution >= 4 is 33.2 Å². The topological polar surface area (TPSA) is 42.0 Å². The molecule has 2 aromatic heterocycles. The largest absolute Gasteiger partial charge is 0.352 e. The van der Waals surface area contributed by atoms with Crippen LogP contribution in [0.25, 0.3) is 0 Å². The van der Waals surface area contributed by atoms with E-state index in [1.807, 2.05) is 0 Å². The van der Waals surface area contributed by atoms with Crippen molar-refractivity contribution in [3.63, 3.8) is 0 Å². The van der Waals surface area contributed by atoms with Crippen molar-refractivity contribution in [2.24, 2.45) is 5.92 Å². The number of nitrogens with zero attached hydrogens (tertiary/aromatic N) is 1. The molecule has 1 amide bonds. The number of nitrogens with one attached hydrogen (secondary N) is 1. The van der Waals surface area contributed by atoms with Gasteiger partial charge in [-0.25, -0.2) is 0 Å². The van der Waals surface area contributed by atoms with Crippen molar-refractivity contribution in [1.82, 2.24) is 10.3 Å². The van der Waals surface area contributed by atoms with Gasteiger partial charge in [-0.3, -0.25) is 9.78 Å². The van der Waals surface area contributed by atoms with Crippen LogP contribution in [0.4, 0.5) is 0 Å². The first kappa shape index (κ1) is 14.2. The number of pyridine rings is 1. The molecular weight excluding hydrogens is 324 g/mol. The second kappa shape index (κ2) is 6.82. The molecule has 2 heterocycles. The molecule has 100 valence electrons. The van der Waals surface area contributed by atoms with Crippen molar-refractivity contribution in [3.8, 4) is 0 Å². The van der Waals surface area contributed by atoms with Gasteiger partial charge in [-0.05, 0) is 45.8 Å². The standard InChI is InChI=1S/C14H15BrN2OS/c1-10(7-11-3-2-6-19-11)8-17-14(18)12-4-5-16-9-13(12)15/h2-6,9-10H,7-8H2,1H3,(H,17,18)/t10-/m0/s1. The van der Waals surface area contributed by atoms with E-state index < -0.39 is 0 Å². The zero-order valence-electron chi connectivity index (χ0n) is 10.6. The van der Waals surface area contributed by atoms with Crippen molar-refractivity contribution in [2.75, 3.05) is 6.54 Å². The highest BCUT2D eigenvalue weighted by Gasteiger charge is 2.11. The summed E-state index contributed by atoms with van der Waals surface area (Å²) in [6.45, 7) is 2.81. The predicted octanol–water partition coefficient (Wildman–Crippen LogP) is 3.51. The highest BCUT2D eigenvalue weighted by Crippen LogP contribution is 2.15. The highest BCUT2D eigenvalue weighted by molar-refractivity contribution is 9.10. The third-order valence-electron chi connectivity index (χ3n) is 2.76. The lowest BCUT2D eigenvalue weighted by Gasteiger charge is -2.12. The Kier molecular flexibility index (Phi) is 5.10. The molecule has 0 fully saturated rings. The monoisotopic (exact) mass is 338 g/mol. The molecule has 0 aromatic carbocycles. The van der Waals surface area contributed by atoms with E-state index in [0.29, 0.717) is 18.0 Å². The molecule has 3 nitrogen and oxygen atoms in total. The zero-order chi connectivity index (χ0) is 13.7. The molecule has 0 aliphatic carbocycles. The van der Waals surface area contributed by atoms with E-state index in [0.717, 1.165) is 10.9 Å². The molecule has 1 N–H and O–H groups in total. The van der Waals surface area contributed by atoms with E-state index in [4.69, 9.17) is 0 Å². The Labute approximate surface area is 125 Å². The first-order chi connectivity index (χ1) is 9.16. The summed E-state index contributed by atoms with van der Waals surface area (Å²) in [5.74, 6) is 0.357. The third-order valence-corrected chi connectivity index (χ3v) is 4.29. The van der Waals surface area contributed by atoms with E-state index in [1.165, 1.54) is 4.88 Å². The number of halogens is 1. The lowest BCUT2D eigenvalue weighted by molar-refractivity contribution is 0.0947. The van der Waals surface area contributed by atoms with Gasteiger partial charge < -0.3 is 5.32 Å². The number of rotatable bonds is 5. The van der Waals surface area contributed by atoms with Crippen molar-refractivity contribution < 1.29 is 4.79 Å². The fourth-order valence-corrected chi connectivity index (χ4v) is 3.07. The number of thiophene rings is 1. The molecule has 0 unspecified atom stereocenters. The molecule has 1 atom stereocenters. The molecule has 0 spiro atoms. The second-order valence-electron chi connectivity index (χ2n) is 4.45. The molecule has 2 aromatic rings. The Morgan fingerprint density at radius 1 is 1.53 bits per heavy atom. The van der Waals surface area contributed by atoms with Gasteiger partial charge in [0, 0.05) is 28.3 Å². The maximum absolute atomic E-state index is 12.0. The minimum Gasteiger partial charge on any atom is -0.352 e. The average Bonchev–Trinajstić information content (AvgIpc) is 2.89. The first-order valence-electron chi connectivity index (χ1n) is 6.07. The SMILES string of the molecule is C[C@H](CNC(=O)c1ccncc1Br)Cc1cccs1. The van der Waals surface area contributed by atoms with Crippen LogP contribution in [-0.4, -0.2) is 17.4 Å². The van der Waals surface area contributed by atoms with E-state index in [9.17, 15) is 4.79 Å². The quantitative estimate of drug-likeness (QED) is 0.906. The van der Waals surface area contributed by atoms with E-state index in [2.05, 4.69) is 50.7 Å². The van der Waals surface area contributed by atoms with Crippen LogP contribution in [0.1, 0.15) is 22.2 Å². The number of hydrogen-bond acceptors (Lipinski definition) is 3. The minimum atomic E-state index is -0.0627. The Bertz CT molecular complexity index is 542. The Morgan fingerprint density at radius 3 is 3.05 bits per heavy atom. The Morgan fingerprint density at radius 2 is 2.37 bits per heavy atom.